The van der Waals surface area contributed by atoms with Gasteiger partial charge in [0.05, 0.1) is 0 Å². The zero-order valence-corrected chi connectivity index (χ0v) is 11.2. The van der Waals surface area contributed by atoms with Gasteiger partial charge in [0.15, 0.2) is 0 Å². The summed E-state index contributed by atoms with van der Waals surface area (Å²) in [6, 6.07) is 8.51. The SMILES string of the molecule is CCC(CC)Nc1ccc(NC(=O)C2CC2)cc1. The van der Waals surface area contributed by atoms with Gasteiger partial charge in [0.25, 0.3) is 0 Å². The Morgan fingerprint density at radius 3 is 2.22 bits per heavy atom. The highest BCUT2D eigenvalue weighted by Gasteiger charge is 2.29. The van der Waals surface area contributed by atoms with E-state index in [0.29, 0.717) is 6.04 Å². The summed E-state index contributed by atoms with van der Waals surface area (Å²) in [5.74, 6) is 0.420. The summed E-state index contributed by atoms with van der Waals surface area (Å²) in [5, 5.41) is 6.43. The normalized spacial score (nSPS) is 14.6. The average molecular weight is 246 g/mol. The van der Waals surface area contributed by atoms with Crippen LogP contribution in [0.3, 0.4) is 0 Å². The smallest absolute Gasteiger partial charge is 0.227 e. The monoisotopic (exact) mass is 246 g/mol. The van der Waals surface area contributed by atoms with E-state index in [2.05, 4.69) is 24.5 Å². The van der Waals surface area contributed by atoms with Crippen molar-refractivity contribution in [1.82, 2.24) is 0 Å². The first-order valence-corrected chi connectivity index (χ1v) is 6.90. The van der Waals surface area contributed by atoms with E-state index >= 15 is 0 Å². The number of benzene rings is 1. The third-order valence-corrected chi connectivity index (χ3v) is 3.46. The molecule has 18 heavy (non-hydrogen) atoms. The third-order valence-electron chi connectivity index (χ3n) is 3.46. The van der Waals surface area contributed by atoms with E-state index in [0.717, 1.165) is 37.1 Å². The maximum Gasteiger partial charge on any atom is 0.227 e. The Kier molecular flexibility index (Phi) is 4.24. The Balaban J connectivity index is 1.90. The fraction of sp³-hybridized carbons (Fsp3) is 0.533. The van der Waals surface area contributed by atoms with Crippen LogP contribution in [-0.2, 0) is 4.79 Å². The summed E-state index contributed by atoms with van der Waals surface area (Å²) in [6.07, 6.45) is 4.33. The lowest BCUT2D eigenvalue weighted by molar-refractivity contribution is -0.117. The number of hydrogen-bond donors (Lipinski definition) is 2. The van der Waals surface area contributed by atoms with Crippen molar-refractivity contribution in [3.8, 4) is 0 Å². The fourth-order valence-electron chi connectivity index (χ4n) is 1.97. The minimum Gasteiger partial charge on any atom is -0.382 e. The lowest BCUT2D eigenvalue weighted by Crippen LogP contribution is -2.17. The molecule has 0 heterocycles. The molecule has 3 heteroatoms. The zero-order valence-electron chi connectivity index (χ0n) is 11.2. The number of nitrogens with one attached hydrogen (secondary N) is 2. The maximum absolute atomic E-state index is 11.6. The van der Waals surface area contributed by atoms with Gasteiger partial charge >= 0.3 is 0 Å². The first-order chi connectivity index (χ1) is 8.72. The molecule has 1 fully saturated rings. The van der Waals surface area contributed by atoms with Crippen molar-refractivity contribution in [3.63, 3.8) is 0 Å². The highest BCUT2D eigenvalue weighted by Crippen LogP contribution is 2.30. The number of anilines is 2. The van der Waals surface area contributed by atoms with Gasteiger partial charge in [-0.05, 0) is 49.9 Å². The second kappa shape index (κ2) is 5.89. The number of rotatable bonds is 6. The van der Waals surface area contributed by atoms with Crippen LogP contribution in [0, 0.1) is 5.92 Å². The van der Waals surface area contributed by atoms with Gasteiger partial charge in [-0.1, -0.05) is 13.8 Å². The van der Waals surface area contributed by atoms with Crippen molar-refractivity contribution in [2.75, 3.05) is 10.6 Å². The van der Waals surface area contributed by atoms with Crippen LogP contribution in [0.5, 0.6) is 0 Å². The zero-order chi connectivity index (χ0) is 13.0. The number of amides is 1. The molecule has 2 N–H and O–H groups in total. The topological polar surface area (TPSA) is 41.1 Å². The van der Waals surface area contributed by atoms with E-state index < -0.39 is 0 Å². The van der Waals surface area contributed by atoms with Gasteiger partial charge in [-0.25, -0.2) is 0 Å². The van der Waals surface area contributed by atoms with E-state index in [1.54, 1.807) is 0 Å². The van der Waals surface area contributed by atoms with Gasteiger partial charge in [0.2, 0.25) is 5.91 Å². The van der Waals surface area contributed by atoms with Gasteiger partial charge in [-0.15, -0.1) is 0 Å². The lowest BCUT2D eigenvalue weighted by atomic mass is 10.1. The van der Waals surface area contributed by atoms with Crippen LogP contribution >= 0.6 is 0 Å². The van der Waals surface area contributed by atoms with E-state index in [-0.39, 0.29) is 11.8 Å². The molecule has 0 radical (unpaired) electrons. The summed E-state index contributed by atoms with van der Waals surface area (Å²) >= 11 is 0. The predicted octanol–water partition coefficient (Wildman–Crippen LogP) is 3.64. The standard InChI is InChI=1S/C15H22N2O/c1-3-12(4-2)16-13-7-9-14(10-8-13)17-15(18)11-5-6-11/h7-12,16H,3-6H2,1-2H3,(H,17,18). The highest BCUT2D eigenvalue weighted by molar-refractivity contribution is 5.94. The van der Waals surface area contributed by atoms with Crippen molar-refractivity contribution in [2.24, 2.45) is 5.92 Å². The van der Waals surface area contributed by atoms with E-state index in [4.69, 9.17) is 0 Å². The Bertz CT molecular complexity index is 391. The number of hydrogen-bond acceptors (Lipinski definition) is 2. The van der Waals surface area contributed by atoms with Crippen LogP contribution in [0.2, 0.25) is 0 Å². The molecule has 1 aliphatic carbocycles. The van der Waals surface area contributed by atoms with Gasteiger partial charge in [-0.3, -0.25) is 4.79 Å². The van der Waals surface area contributed by atoms with Gasteiger partial charge < -0.3 is 10.6 Å². The summed E-state index contributed by atoms with van der Waals surface area (Å²) in [6.45, 7) is 4.37. The number of carbonyl (C=O) groups is 1. The molecule has 0 unspecified atom stereocenters. The van der Waals surface area contributed by atoms with Gasteiger partial charge in [-0.2, -0.15) is 0 Å². The summed E-state index contributed by atoms with van der Waals surface area (Å²) in [4.78, 5) is 11.6. The molecule has 0 atom stereocenters. The van der Waals surface area contributed by atoms with Crippen LogP contribution in [0.4, 0.5) is 11.4 Å². The largest absolute Gasteiger partial charge is 0.382 e. The third kappa shape index (κ3) is 3.49. The van der Waals surface area contributed by atoms with Crippen LogP contribution in [-0.4, -0.2) is 11.9 Å². The molecule has 1 aromatic rings. The fourth-order valence-corrected chi connectivity index (χ4v) is 1.97. The Labute approximate surface area is 109 Å². The van der Waals surface area contributed by atoms with Crippen LogP contribution in [0.1, 0.15) is 39.5 Å². The minimum atomic E-state index is 0.163. The predicted molar refractivity (Wildman–Crippen MR) is 75.8 cm³/mol. The summed E-state index contributed by atoms with van der Waals surface area (Å²) in [7, 11) is 0. The van der Waals surface area contributed by atoms with Crippen LogP contribution < -0.4 is 10.6 Å². The van der Waals surface area contributed by atoms with Crippen molar-refractivity contribution in [3.05, 3.63) is 24.3 Å². The molecule has 0 aromatic heterocycles. The molecule has 1 saturated carbocycles. The first kappa shape index (κ1) is 12.9. The highest BCUT2D eigenvalue weighted by atomic mass is 16.2. The molecule has 0 saturated heterocycles. The van der Waals surface area contributed by atoms with Crippen molar-refractivity contribution in [2.45, 2.75) is 45.6 Å². The molecule has 1 amide bonds. The molecular weight excluding hydrogens is 224 g/mol. The summed E-state index contributed by atoms with van der Waals surface area (Å²) in [5.41, 5.74) is 2.01. The molecule has 0 aliphatic heterocycles. The molecule has 1 aromatic carbocycles. The van der Waals surface area contributed by atoms with E-state index in [9.17, 15) is 4.79 Å². The van der Waals surface area contributed by atoms with Crippen molar-refractivity contribution in [1.29, 1.82) is 0 Å². The molecule has 3 nitrogen and oxygen atoms in total. The molecule has 0 spiro atoms. The Morgan fingerprint density at radius 1 is 1.17 bits per heavy atom. The molecule has 0 bridgehead atoms. The Morgan fingerprint density at radius 2 is 1.72 bits per heavy atom. The van der Waals surface area contributed by atoms with Crippen LogP contribution in [0.15, 0.2) is 24.3 Å². The second-order valence-electron chi connectivity index (χ2n) is 5.00. The van der Waals surface area contributed by atoms with Crippen molar-refractivity contribution >= 4 is 17.3 Å². The first-order valence-electron chi connectivity index (χ1n) is 6.90. The maximum atomic E-state index is 11.6. The lowest BCUT2D eigenvalue weighted by Gasteiger charge is -2.16. The number of carbonyl (C=O) groups excluding carboxylic acids is 1. The minimum absolute atomic E-state index is 0.163. The van der Waals surface area contributed by atoms with Crippen molar-refractivity contribution < 1.29 is 4.79 Å². The molecule has 1 aliphatic rings. The van der Waals surface area contributed by atoms with Crippen LogP contribution in [0.25, 0.3) is 0 Å². The van der Waals surface area contributed by atoms with Gasteiger partial charge in [0.1, 0.15) is 0 Å². The Hall–Kier alpha value is -1.51. The average Bonchev–Trinajstić information content (AvgIpc) is 3.22. The molecule has 98 valence electrons. The quantitative estimate of drug-likeness (QED) is 0.804. The summed E-state index contributed by atoms with van der Waals surface area (Å²) < 4.78 is 0. The molecule has 2 rings (SSSR count). The van der Waals surface area contributed by atoms with Gasteiger partial charge in [0, 0.05) is 23.3 Å². The van der Waals surface area contributed by atoms with E-state index in [1.807, 2.05) is 24.3 Å². The van der Waals surface area contributed by atoms with E-state index in [1.165, 1.54) is 0 Å². The molecular formula is C15H22N2O. The second-order valence-corrected chi connectivity index (χ2v) is 5.00.